The van der Waals surface area contributed by atoms with Crippen molar-refractivity contribution in [3.63, 3.8) is 0 Å². The van der Waals surface area contributed by atoms with Gasteiger partial charge in [-0.25, -0.2) is 9.97 Å². The van der Waals surface area contributed by atoms with Gasteiger partial charge in [-0.1, -0.05) is 11.6 Å². The molecular formula is C10H12ClN3O. The number of aryl methyl sites for hydroxylation is 1. The van der Waals surface area contributed by atoms with E-state index in [2.05, 4.69) is 9.97 Å². The summed E-state index contributed by atoms with van der Waals surface area (Å²) in [6.45, 7) is 3.26. The number of halogens is 1. The molecule has 2 heterocycles. The van der Waals surface area contributed by atoms with Gasteiger partial charge in [0.25, 0.3) is 0 Å². The molecular weight excluding hydrogens is 214 g/mol. The van der Waals surface area contributed by atoms with E-state index in [1.807, 2.05) is 23.8 Å². The highest BCUT2D eigenvalue weighted by molar-refractivity contribution is 6.33. The van der Waals surface area contributed by atoms with E-state index >= 15 is 0 Å². The van der Waals surface area contributed by atoms with Crippen LogP contribution >= 0.6 is 11.6 Å². The van der Waals surface area contributed by atoms with Gasteiger partial charge in [-0.2, -0.15) is 0 Å². The molecule has 80 valence electrons. The van der Waals surface area contributed by atoms with Gasteiger partial charge >= 0.3 is 0 Å². The molecule has 0 fully saturated rings. The molecule has 2 aromatic rings. The molecule has 2 rings (SSSR count). The maximum absolute atomic E-state index is 6.01. The molecule has 0 bridgehead atoms. The molecule has 0 amide bonds. The van der Waals surface area contributed by atoms with Crippen LogP contribution < -0.4 is 0 Å². The lowest BCUT2D eigenvalue weighted by atomic mass is 10.4. The van der Waals surface area contributed by atoms with Gasteiger partial charge in [0, 0.05) is 19.9 Å². The fraction of sp³-hybridized carbons (Fsp3) is 0.400. The summed E-state index contributed by atoms with van der Waals surface area (Å²) >= 11 is 6.01. The second kappa shape index (κ2) is 4.16. The Bertz CT molecular complexity index is 481. The first-order chi connectivity index (χ1) is 7.22. The van der Waals surface area contributed by atoms with E-state index in [0.29, 0.717) is 17.6 Å². The molecule has 0 saturated heterocycles. The average molecular weight is 226 g/mol. The maximum atomic E-state index is 6.01. The summed E-state index contributed by atoms with van der Waals surface area (Å²) in [5.74, 6) is 0.685. The standard InChI is InChI=1S/C10H12ClN3O/c1-7-12-9(11)8-3-4-14(5-6-15-2)10(8)13-7/h3-4H,5-6H2,1-2H3. The molecule has 0 aromatic carbocycles. The predicted octanol–water partition coefficient (Wildman–Crippen LogP) is 2.04. The van der Waals surface area contributed by atoms with Crippen LogP contribution in [0.25, 0.3) is 11.0 Å². The Labute approximate surface area is 92.8 Å². The van der Waals surface area contributed by atoms with Crippen molar-refractivity contribution in [2.75, 3.05) is 13.7 Å². The van der Waals surface area contributed by atoms with Crippen molar-refractivity contribution in [1.82, 2.24) is 14.5 Å². The zero-order chi connectivity index (χ0) is 10.8. The first-order valence-electron chi connectivity index (χ1n) is 4.70. The van der Waals surface area contributed by atoms with Crippen molar-refractivity contribution in [2.45, 2.75) is 13.5 Å². The molecule has 0 saturated carbocycles. The van der Waals surface area contributed by atoms with Gasteiger partial charge in [0.1, 0.15) is 16.6 Å². The van der Waals surface area contributed by atoms with Crippen molar-refractivity contribution < 1.29 is 4.74 Å². The van der Waals surface area contributed by atoms with E-state index in [1.54, 1.807) is 7.11 Å². The highest BCUT2D eigenvalue weighted by Gasteiger charge is 2.07. The van der Waals surface area contributed by atoms with Gasteiger partial charge in [-0.15, -0.1) is 0 Å². The molecule has 0 spiro atoms. The molecule has 0 N–H and O–H groups in total. The second-order valence-electron chi connectivity index (χ2n) is 3.30. The second-order valence-corrected chi connectivity index (χ2v) is 3.66. The van der Waals surface area contributed by atoms with E-state index < -0.39 is 0 Å². The average Bonchev–Trinajstić information content (AvgIpc) is 2.58. The van der Waals surface area contributed by atoms with E-state index in [9.17, 15) is 0 Å². The van der Waals surface area contributed by atoms with Crippen LogP contribution in [-0.2, 0) is 11.3 Å². The van der Waals surface area contributed by atoms with Crippen LogP contribution in [0.4, 0.5) is 0 Å². The monoisotopic (exact) mass is 225 g/mol. The summed E-state index contributed by atoms with van der Waals surface area (Å²) in [6, 6.07) is 1.92. The zero-order valence-corrected chi connectivity index (χ0v) is 9.45. The van der Waals surface area contributed by atoms with Crippen molar-refractivity contribution in [2.24, 2.45) is 0 Å². The van der Waals surface area contributed by atoms with Crippen molar-refractivity contribution in [3.8, 4) is 0 Å². The van der Waals surface area contributed by atoms with Gasteiger partial charge in [0.15, 0.2) is 0 Å². The van der Waals surface area contributed by atoms with Crippen molar-refractivity contribution >= 4 is 22.6 Å². The molecule has 0 aliphatic rings. The van der Waals surface area contributed by atoms with Crippen LogP contribution in [-0.4, -0.2) is 28.3 Å². The Hall–Kier alpha value is -1.13. The molecule has 5 heteroatoms. The topological polar surface area (TPSA) is 39.9 Å². The van der Waals surface area contributed by atoms with Crippen LogP contribution in [0.2, 0.25) is 5.15 Å². The Kier molecular flexibility index (Phi) is 2.88. The van der Waals surface area contributed by atoms with Crippen molar-refractivity contribution in [3.05, 3.63) is 23.2 Å². The highest BCUT2D eigenvalue weighted by atomic mass is 35.5. The van der Waals surface area contributed by atoms with E-state index in [-0.39, 0.29) is 0 Å². The third-order valence-electron chi connectivity index (χ3n) is 2.22. The molecule has 0 radical (unpaired) electrons. The van der Waals surface area contributed by atoms with Crippen LogP contribution in [0.3, 0.4) is 0 Å². The summed E-state index contributed by atoms with van der Waals surface area (Å²) in [4.78, 5) is 8.47. The normalized spacial score (nSPS) is 11.1. The smallest absolute Gasteiger partial charge is 0.145 e. The number of hydrogen-bond donors (Lipinski definition) is 0. The lowest BCUT2D eigenvalue weighted by Gasteiger charge is -2.04. The molecule has 0 unspecified atom stereocenters. The fourth-order valence-corrected chi connectivity index (χ4v) is 1.77. The molecule has 0 aliphatic carbocycles. The summed E-state index contributed by atoms with van der Waals surface area (Å²) in [7, 11) is 1.68. The number of nitrogens with zero attached hydrogens (tertiary/aromatic N) is 3. The number of methoxy groups -OCH3 is 1. The summed E-state index contributed by atoms with van der Waals surface area (Å²) < 4.78 is 7.04. The first kappa shape index (κ1) is 10.4. The zero-order valence-electron chi connectivity index (χ0n) is 8.70. The number of rotatable bonds is 3. The van der Waals surface area contributed by atoms with Gasteiger partial charge in [0.2, 0.25) is 0 Å². The maximum Gasteiger partial charge on any atom is 0.145 e. The highest BCUT2D eigenvalue weighted by Crippen LogP contribution is 2.21. The lowest BCUT2D eigenvalue weighted by molar-refractivity contribution is 0.188. The third kappa shape index (κ3) is 1.96. The number of fused-ring (bicyclic) bond motifs is 1. The van der Waals surface area contributed by atoms with Gasteiger partial charge in [0.05, 0.1) is 12.0 Å². The summed E-state index contributed by atoms with van der Waals surface area (Å²) in [5, 5.41) is 1.40. The van der Waals surface area contributed by atoms with Gasteiger partial charge < -0.3 is 9.30 Å². The quantitative estimate of drug-likeness (QED) is 0.751. The SMILES string of the molecule is COCCn1ccc2c(Cl)nc(C)nc21. The molecule has 2 aromatic heterocycles. The molecule has 4 nitrogen and oxygen atoms in total. The van der Waals surface area contributed by atoms with Crippen LogP contribution in [0, 0.1) is 6.92 Å². The number of hydrogen-bond acceptors (Lipinski definition) is 3. The minimum absolute atomic E-state index is 0.508. The minimum Gasteiger partial charge on any atom is -0.383 e. The van der Waals surface area contributed by atoms with Crippen LogP contribution in [0.1, 0.15) is 5.82 Å². The van der Waals surface area contributed by atoms with E-state index in [4.69, 9.17) is 16.3 Å². The van der Waals surface area contributed by atoms with Crippen LogP contribution in [0.15, 0.2) is 12.3 Å². The minimum atomic E-state index is 0.508. The van der Waals surface area contributed by atoms with Crippen molar-refractivity contribution in [1.29, 1.82) is 0 Å². The van der Waals surface area contributed by atoms with E-state index in [0.717, 1.165) is 17.6 Å². The Balaban J connectivity index is 2.49. The Morgan fingerprint density at radius 2 is 2.27 bits per heavy atom. The Morgan fingerprint density at radius 1 is 1.47 bits per heavy atom. The number of aromatic nitrogens is 3. The van der Waals surface area contributed by atoms with Gasteiger partial charge in [-0.3, -0.25) is 0 Å². The summed E-state index contributed by atoms with van der Waals surface area (Å²) in [6.07, 6.45) is 1.95. The predicted molar refractivity (Wildman–Crippen MR) is 59.2 cm³/mol. The number of ether oxygens (including phenoxy) is 1. The first-order valence-corrected chi connectivity index (χ1v) is 5.08. The third-order valence-corrected chi connectivity index (χ3v) is 2.51. The Morgan fingerprint density at radius 3 is 3.00 bits per heavy atom. The fourth-order valence-electron chi connectivity index (χ4n) is 1.50. The van der Waals surface area contributed by atoms with E-state index in [1.165, 1.54) is 0 Å². The van der Waals surface area contributed by atoms with Crippen LogP contribution in [0.5, 0.6) is 0 Å². The molecule has 0 atom stereocenters. The molecule has 0 aliphatic heterocycles. The largest absolute Gasteiger partial charge is 0.383 e. The van der Waals surface area contributed by atoms with Gasteiger partial charge in [-0.05, 0) is 13.0 Å². The molecule has 15 heavy (non-hydrogen) atoms. The lowest BCUT2D eigenvalue weighted by Crippen LogP contribution is -2.04. The summed E-state index contributed by atoms with van der Waals surface area (Å²) in [5.41, 5.74) is 0.865.